The zero-order valence-corrected chi connectivity index (χ0v) is 22.5. The molecule has 37 heavy (non-hydrogen) atoms. The summed E-state index contributed by atoms with van der Waals surface area (Å²) in [5.41, 5.74) is 4.51. The van der Waals surface area contributed by atoms with Gasteiger partial charge < -0.3 is 24.4 Å². The summed E-state index contributed by atoms with van der Waals surface area (Å²) in [6, 6.07) is 20.5. The van der Waals surface area contributed by atoms with Gasteiger partial charge in [-0.2, -0.15) is 0 Å². The van der Waals surface area contributed by atoms with E-state index in [0.717, 1.165) is 33.6 Å². The fraction of sp³-hybridized carbons (Fsp3) is 0.355. The number of hydrogen-bond donors (Lipinski definition) is 2. The number of aromatic hydroxyl groups is 2. The summed E-state index contributed by atoms with van der Waals surface area (Å²) < 4.78 is 18.0. The monoisotopic (exact) mass is 503 g/mol. The number of likely N-dealkylation sites (N-methyl/N-ethyl adjacent to an activating group) is 1. The Balaban J connectivity index is 1.58. The first-order valence-electron chi connectivity index (χ1n) is 12.6. The number of nitrogens with zero attached hydrogens (tertiary/aromatic N) is 1. The first-order valence-corrected chi connectivity index (χ1v) is 12.6. The van der Waals surface area contributed by atoms with Crippen molar-refractivity contribution in [1.29, 1.82) is 0 Å². The quantitative estimate of drug-likeness (QED) is 0.358. The van der Waals surface area contributed by atoms with Gasteiger partial charge >= 0.3 is 0 Å². The fourth-order valence-corrected chi connectivity index (χ4v) is 4.84. The summed E-state index contributed by atoms with van der Waals surface area (Å²) in [5, 5.41) is 20.2. The molecule has 2 atom stereocenters. The van der Waals surface area contributed by atoms with Crippen LogP contribution in [0.1, 0.15) is 50.5 Å². The largest absolute Gasteiger partial charge is 0.508 e. The average molecular weight is 504 g/mol. The van der Waals surface area contributed by atoms with Crippen LogP contribution >= 0.6 is 0 Å². The smallest absolute Gasteiger partial charge is 0.150 e. The minimum atomic E-state index is -0.382. The summed E-state index contributed by atoms with van der Waals surface area (Å²) in [4.78, 5) is 2.27. The summed E-state index contributed by atoms with van der Waals surface area (Å²) in [6.07, 6.45) is -0.382. The lowest BCUT2D eigenvalue weighted by atomic mass is 9.86. The molecule has 196 valence electrons. The number of benzene rings is 3. The van der Waals surface area contributed by atoms with Gasteiger partial charge in [-0.15, -0.1) is 0 Å². The van der Waals surface area contributed by atoms with Gasteiger partial charge in [0.2, 0.25) is 0 Å². The Labute approximate surface area is 219 Å². The molecule has 2 N–H and O–H groups in total. The Kier molecular flexibility index (Phi) is 7.81. The van der Waals surface area contributed by atoms with Gasteiger partial charge in [-0.1, -0.05) is 24.3 Å². The minimum Gasteiger partial charge on any atom is -0.508 e. The number of allylic oxidation sites excluding steroid dienone is 1. The van der Waals surface area contributed by atoms with Gasteiger partial charge in [0.15, 0.2) is 0 Å². The van der Waals surface area contributed by atoms with Crippen LogP contribution in [0.5, 0.6) is 23.0 Å². The van der Waals surface area contributed by atoms with Crippen molar-refractivity contribution in [1.82, 2.24) is 4.90 Å². The number of phenols is 2. The Morgan fingerprint density at radius 1 is 1.00 bits per heavy atom. The number of ether oxygens (including phenoxy) is 3. The number of rotatable bonds is 9. The molecule has 4 rings (SSSR count). The highest BCUT2D eigenvalue weighted by Crippen LogP contribution is 2.47. The highest BCUT2D eigenvalue weighted by atomic mass is 16.5. The predicted octanol–water partition coefficient (Wildman–Crippen LogP) is 6.29. The molecule has 0 saturated heterocycles. The lowest BCUT2D eigenvalue weighted by Crippen LogP contribution is -2.51. The Morgan fingerprint density at radius 2 is 1.70 bits per heavy atom. The van der Waals surface area contributed by atoms with Crippen molar-refractivity contribution < 1.29 is 24.4 Å². The van der Waals surface area contributed by atoms with Crippen LogP contribution in [0.15, 0.2) is 66.7 Å². The zero-order chi connectivity index (χ0) is 26.7. The molecule has 0 saturated carbocycles. The van der Waals surface area contributed by atoms with Crippen molar-refractivity contribution in [2.75, 3.05) is 27.4 Å². The van der Waals surface area contributed by atoms with Crippen LogP contribution in [0, 0.1) is 0 Å². The van der Waals surface area contributed by atoms with Crippen LogP contribution in [0.2, 0.25) is 0 Å². The molecule has 0 amide bonds. The van der Waals surface area contributed by atoms with Crippen molar-refractivity contribution in [3.05, 3.63) is 83.4 Å². The molecule has 1 aliphatic heterocycles. The lowest BCUT2D eigenvalue weighted by Gasteiger charge is -2.39. The fourth-order valence-electron chi connectivity index (χ4n) is 4.84. The molecule has 0 bridgehead atoms. The maximum atomic E-state index is 10.2. The van der Waals surface area contributed by atoms with Crippen LogP contribution in [0.3, 0.4) is 0 Å². The van der Waals surface area contributed by atoms with E-state index in [4.69, 9.17) is 14.2 Å². The van der Waals surface area contributed by atoms with Gasteiger partial charge in [0.1, 0.15) is 35.7 Å². The van der Waals surface area contributed by atoms with E-state index in [1.54, 1.807) is 37.4 Å². The Morgan fingerprint density at radius 3 is 2.38 bits per heavy atom. The molecule has 1 heterocycles. The maximum Gasteiger partial charge on any atom is 0.150 e. The molecule has 6 heteroatoms. The third-order valence-electron chi connectivity index (χ3n) is 7.22. The number of hydrogen-bond acceptors (Lipinski definition) is 6. The molecule has 0 aromatic heterocycles. The van der Waals surface area contributed by atoms with Crippen molar-refractivity contribution >= 4 is 11.1 Å². The molecular weight excluding hydrogens is 466 g/mol. The minimum absolute atomic E-state index is 0.0980. The van der Waals surface area contributed by atoms with Gasteiger partial charge in [0.05, 0.1) is 6.61 Å². The molecule has 6 nitrogen and oxygen atoms in total. The van der Waals surface area contributed by atoms with Gasteiger partial charge in [-0.3, -0.25) is 4.90 Å². The molecule has 0 aliphatic carbocycles. The Hall–Kier alpha value is -3.48. The number of phenolic OH excluding ortho intramolecular Hbond substituents is 2. The van der Waals surface area contributed by atoms with Crippen LogP contribution in [0.4, 0.5) is 0 Å². The van der Waals surface area contributed by atoms with E-state index in [9.17, 15) is 10.2 Å². The molecule has 1 aliphatic rings. The molecule has 0 fully saturated rings. The molecule has 3 aromatic carbocycles. The van der Waals surface area contributed by atoms with E-state index in [0.29, 0.717) is 19.0 Å². The second-order valence-corrected chi connectivity index (χ2v) is 10.4. The molecule has 0 radical (unpaired) electrons. The number of fused-ring (bicyclic) bond motifs is 1. The SMILES string of the molecule is COCC(C)(C)N(C)C(C)COc1ccc(C2Oc3ccc(O)cc3C(C)=C2c2cccc(O)c2)cc1. The standard InChI is InChI=1S/C31H37NO5/c1-20(32(5)31(3,4)19-35-6)18-36-26-13-10-22(11-14-26)30-29(23-8-7-9-24(33)16-23)21(2)27-17-25(34)12-15-28(27)37-30/h7-17,20,30,33-34H,18-19H2,1-6H3. The highest BCUT2D eigenvalue weighted by molar-refractivity contribution is 5.95. The Bertz CT molecular complexity index is 1260. The van der Waals surface area contributed by atoms with Gasteiger partial charge in [-0.25, -0.2) is 0 Å². The first-order chi connectivity index (χ1) is 17.6. The summed E-state index contributed by atoms with van der Waals surface area (Å²) in [6.45, 7) is 9.67. The van der Waals surface area contributed by atoms with E-state index >= 15 is 0 Å². The predicted molar refractivity (Wildman–Crippen MR) is 147 cm³/mol. The molecular formula is C31H37NO5. The van der Waals surface area contributed by atoms with Crippen molar-refractivity contribution in [3.8, 4) is 23.0 Å². The summed E-state index contributed by atoms with van der Waals surface area (Å²) in [5.74, 6) is 1.87. The van der Waals surface area contributed by atoms with Crippen LogP contribution in [-0.4, -0.2) is 54.1 Å². The third kappa shape index (κ3) is 5.76. The summed E-state index contributed by atoms with van der Waals surface area (Å²) in [7, 11) is 3.81. The summed E-state index contributed by atoms with van der Waals surface area (Å²) >= 11 is 0. The van der Waals surface area contributed by atoms with Crippen molar-refractivity contribution in [2.45, 2.75) is 45.4 Å². The maximum absolute atomic E-state index is 10.2. The zero-order valence-electron chi connectivity index (χ0n) is 22.5. The molecule has 3 aromatic rings. The lowest BCUT2D eigenvalue weighted by molar-refractivity contribution is 0.0159. The van der Waals surface area contributed by atoms with E-state index < -0.39 is 0 Å². The van der Waals surface area contributed by atoms with Gasteiger partial charge in [0, 0.05) is 29.8 Å². The first kappa shape index (κ1) is 26.6. The third-order valence-corrected chi connectivity index (χ3v) is 7.22. The van der Waals surface area contributed by atoms with Crippen molar-refractivity contribution in [2.24, 2.45) is 0 Å². The van der Waals surface area contributed by atoms with E-state index in [2.05, 4.69) is 32.7 Å². The van der Waals surface area contributed by atoms with Gasteiger partial charge in [0.25, 0.3) is 0 Å². The van der Waals surface area contributed by atoms with E-state index in [1.807, 2.05) is 43.3 Å². The highest BCUT2D eigenvalue weighted by Gasteiger charge is 2.30. The average Bonchev–Trinajstić information content (AvgIpc) is 2.87. The molecule has 2 unspecified atom stereocenters. The second kappa shape index (κ2) is 10.9. The second-order valence-electron chi connectivity index (χ2n) is 10.4. The van der Waals surface area contributed by atoms with Gasteiger partial charge in [-0.05, 0) is 93.9 Å². The van der Waals surface area contributed by atoms with E-state index in [1.165, 1.54) is 0 Å². The normalized spacial score (nSPS) is 16.4. The van der Waals surface area contributed by atoms with Crippen LogP contribution in [-0.2, 0) is 4.74 Å². The topological polar surface area (TPSA) is 71.4 Å². The van der Waals surface area contributed by atoms with Crippen LogP contribution in [0.25, 0.3) is 11.1 Å². The van der Waals surface area contributed by atoms with E-state index in [-0.39, 0.29) is 29.2 Å². The molecule has 0 spiro atoms. The van der Waals surface area contributed by atoms with Crippen LogP contribution < -0.4 is 9.47 Å². The van der Waals surface area contributed by atoms with Crippen molar-refractivity contribution in [3.63, 3.8) is 0 Å². The number of methoxy groups -OCH3 is 1.